The minimum atomic E-state index is -4.65. The van der Waals surface area contributed by atoms with Gasteiger partial charge in [0.1, 0.15) is 17.3 Å². The molecule has 0 saturated carbocycles. The number of carbonyl (C=O) groups is 2. The molecule has 0 amide bonds. The average molecular weight is 296 g/mol. The van der Waals surface area contributed by atoms with Gasteiger partial charge in [-0.1, -0.05) is 11.6 Å². The fraction of sp³-hybridized carbons (Fsp3) is 0.364. The highest BCUT2D eigenvalue weighted by atomic mass is 35.5. The number of halogens is 4. The fourth-order valence-electron chi connectivity index (χ4n) is 1.24. The molecule has 0 spiro atoms. The summed E-state index contributed by atoms with van der Waals surface area (Å²) in [6, 6.07) is 1.52. The number of carbonyl (C=O) groups excluding carboxylic acids is 2. The molecular weight excluding hydrogens is 287 g/mol. The van der Waals surface area contributed by atoms with Gasteiger partial charge in [-0.25, -0.2) is 4.98 Å². The molecule has 0 fully saturated rings. The zero-order chi connectivity index (χ0) is 14.6. The lowest BCUT2D eigenvalue weighted by atomic mass is 10.1. The van der Waals surface area contributed by atoms with E-state index in [9.17, 15) is 22.8 Å². The van der Waals surface area contributed by atoms with Crippen LogP contribution in [-0.4, -0.2) is 23.3 Å². The Labute approximate surface area is 111 Å². The van der Waals surface area contributed by atoms with E-state index in [4.69, 9.17) is 11.6 Å². The van der Waals surface area contributed by atoms with Crippen LogP contribution in [0.5, 0.6) is 0 Å². The van der Waals surface area contributed by atoms with Crippen LogP contribution >= 0.6 is 11.6 Å². The van der Waals surface area contributed by atoms with E-state index in [1.165, 1.54) is 0 Å². The SMILES string of the molecule is CCOC(=O)CC(=O)c1ccc(C(F)(F)F)nc1Cl. The first kappa shape index (κ1) is 15.4. The third-order valence-electron chi connectivity index (χ3n) is 2.05. The Kier molecular flexibility index (Phi) is 4.88. The summed E-state index contributed by atoms with van der Waals surface area (Å²) in [6.45, 7) is 1.67. The van der Waals surface area contributed by atoms with Gasteiger partial charge in [0.25, 0.3) is 0 Å². The Morgan fingerprint density at radius 2 is 2.00 bits per heavy atom. The predicted octanol–water partition coefficient (Wildman–Crippen LogP) is 2.89. The van der Waals surface area contributed by atoms with Crippen LogP contribution in [0.3, 0.4) is 0 Å². The quantitative estimate of drug-likeness (QED) is 0.371. The van der Waals surface area contributed by atoms with Crippen molar-refractivity contribution in [2.45, 2.75) is 19.5 Å². The number of nitrogens with zero attached hydrogens (tertiary/aromatic N) is 1. The monoisotopic (exact) mass is 295 g/mol. The second-order valence-corrected chi connectivity index (χ2v) is 3.80. The maximum absolute atomic E-state index is 12.3. The molecule has 1 aromatic heterocycles. The lowest BCUT2D eigenvalue weighted by Gasteiger charge is -2.08. The normalized spacial score (nSPS) is 11.2. The smallest absolute Gasteiger partial charge is 0.433 e. The van der Waals surface area contributed by atoms with Crippen LogP contribution in [0.4, 0.5) is 13.2 Å². The Morgan fingerprint density at radius 3 is 2.47 bits per heavy atom. The third-order valence-corrected chi connectivity index (χ3v) is 2.34. The number of hydrogen-bond donors (Lipinski definition) is 0. The first-order chi connectivity index (χ1) is 8.75. The molecule has 1 aromatic rings. The molecule has 4 nitrogen and oxygen atoms in total. The van der Waals surface area contributed by atoms with E-state index in [1.54, 1.807) is 6.92 Å². The Morgan fingerprint density at radius 1 is 1.37 bits per heavy atom. The van der Waals surface area contributed by atoms with Gasteiger partial charge in [0.15, 0.2) is 5.78 Å². The van der Waals surface area contributed by atoms with Crippen molar-refractivity contribution in [2.75, 3.05) is 6.61 Å². The molecule has 0 radical (unpaired) electrons. The average Bonchev–Trinajstić information content (AvgIpc) is 2.27. The molecule has 0 aromatic carbocycles. The lowest BCUT2D eigenvalue weighted by Crippen LogP contribution is -2.14. The van der Waals surface area contributed by atoms with Crippen LogP contribution < -0.4 is 0 Å². The van der Waals surface area contributed by atoms with Gasteiger partial charge in [-0.05, 0) is 19.1 Å². The van der Waals surface area contributed by atoms with Crippen molar-refractivity contribution in [1.29, 1.82) is 0 Å². The minimum absolute atomic E-state index is 0.102. The van der Waals surface area contributed by atoms with E-state index in [-0.39, 0.29) is 12.2 Å². The zero-order valence-electron chi connectivity index (χ0n) is 9.75. The van der Waals surface area contributed by atoms with Gasteiger partial charge in [-0.3, -0.25) is 9.59 Å². The summed E-state index contributed by atoms with van der Waals surface area (Å²) in [6.07, 6.45) is -5.24. The van der Waals surface area contributed by atoms with E-state index in [1.807, 2.05) is 0 Å². The second-order valence-electron chi connectivity index (χ2n) is 3.44. The summed E-state index contributed by atoms with van der Waals surface area (Å²) in [4.78, 5) is 25.8. The number of Topliss-reactive ketones (excluding diaryl/α,β-unsaturated/α-hetero) is 1. The molecule has 0 aliphatic carbocycles. The minimum Gasteiger partial charge on any atom is -0.466 e. The van der Waals surface area contributed by atoms with Crippen molar-refractivity contribution in [3.05, 3.63) is 28.5 Å². The number of esters is 1. The molecular formula is C11H9ClF3NO3. The van der Waals surface area contributed by atoms with Crippen molar-refractivity contribution < 1.29 is 27.5 Å². The standard InChI is InChI=1S/C11H9ClF3NO3/c1-2-19-9(18)5-7(17)6-3-4-8(11(13,14)15)16-10(6)12/h3-4H,2,5H2,1H3. The Bertz CT molecular complexity index is 502. The van der Waals surface area contributed by atoms with E-state index < -0.39 is 35.2 Å². The summed E-state index contributed by atoms with van der Waals surface area (Å²) >= 11 is 5.51. The number of ketones is 1. The van der Waals surface area contributed by atoms with Gasteiger partial charge in [0.2, 0.25) is 0 Å². The van der Waals surface area contributed by atoms with Crippen molar-refractivity contribution >= 4 is 23.4 Å². The molecule has 1 heterocycles. The number of hydrogen-bond acceptors (Lipinski definition) is 4. The molecule has 104 valence electrons. The number of ether oxygens (including phenoxy) is 1. The summed E-state index contributed by atoms with van der Waals surface area (Å²) in [7, 11) is 0. The van der Waals surface area contributed by atoms with Gasteiger partial charge in [0.05, 0.1) is 12.2 Å². The highest BCUT2D eigenvalue weighted by Gasteiger charge is 2.33. The first-order valence-corrected chi connectivity index (χ1v) is 5.56. The van der Waals surface area contributed by atoms with Crippen LogP contribution in [0.1, 0.15) is 29.4 Å². The maximum Gasteiger partial charge on any atom is 0.433 e. The highest BCUT2D eigenvalue weighted by Crippen LogP contribution is 2.29. The van der Waals surface area contributed by atoms with E-state index in [2.05, 4.69) is 9.72 Å². The molecule has 0 bridgehead atoms. The molecule has 0 saturated heterocycles. The number of rotatable bonds is 4. The van der Waals surface area contributed by atoms with E-state index in [0.717, 1.165) is 6.07 Å². The summed E-state index contributed by atoms with van der Waals surface area (Å²) < 4.78 is 41.5. The highest BCUT2D eigenvalue weighted by molar-refractivity contribution is 6.33. The molecule has 1 rings (SSSR count). The topological polar surface area (TPSA) is 56.3 Å². The van der Waals surface area contributed by atoms with Crippen LogP contribution in [0, 0.1) is 0 Å². The largest absolute Gasteiger partial charge is 0.466 e. The Hall–Kier alpha value is -1.63. The van der Waals surface area contributed by atoms with Crippen molar-refractivity contribution in [1.82, 2.24) is 4.98 Å². The van der Waals surface area contributed by atoms with Crippen LogP contribution in [-0.2, 0) is 15.7 Å². The number of alkyl halides is 3. The lowest BCUT2D eigenvalue weighted by molar-refractivity contribution is -0.142. The van der Waals surface area contributed by atoms with Crippen molar-refractivity contribution in [3.63, 3.8) is 0 Å². The van der Waals surface area contributed by atoms with Crippen LogP contribution in [0.25, 0.3) is 0 Å². The molecule has 0 aliphatic rings. The molecule has 0 unspecified atom stereocenters. The van der Waals surface area contributed by atoms with Gasteiger partial charge >= 0.3 is 12.1 Å². The zero-order valence-corrected chi connectivity index (χ0v) is 10.5. The van der Waals surface area contributed by atoms with E-state index >= 15 is 0 Å². The van der Waals surface area contributed by atoms with Crippen LogP contribution in [0.2, 0.25) is 5.15 Å². The first-order valence-electron chi connectivity index (χ1n) is 5.18. The van der Waals surface area contributed by atoms with Gasteiger partial charge in [-0.2, -0.15) is 13.2 Å². The van der Waals surface area contributed by atoms with Crippen molar-refractivity contribution in [2.24, 2.45) is 0 Å². The molecule has 0 N–H and O–H groups in total. The molecule has 0 atom stereocenters. The third kappa shape index (κ3) is 4.20. The molecule has 8 heteroatoms. The summed E-state index contributed by atoms with van der Waals surface area (Å²) in [5.74, 6) is -1.52. The second kappa shape index (κ2) is 6.01. The number of aromatic nitrogens is 1. The number of pyridine rings is 1. The van der Waals surface area contributed by atoms with Crippen molar-refractivity contribution in [3.8, 4) is 0 Å². The predicted molar refractivity (Wildman–Crippen MR) is 59.8 cm³/mol. The van der Waals surface area contributed by atoms with Gasteiger partial charge in [0, 0.05) is 0 Å². The fourth-order valence-corrected chi connectivity index (χ4v) is 1.50. The summed E-state index contributed by atoms with van der Waals surface area (Å²) in [5.41, 5.74) is -1.45. The van der Waals surface area contributed by atoms with E-state index in [0.29, 0.717) is 6.07 Å². The van der Waals surface area contributed by atoms with Gasteiger partial charge in [-0.15, -0.1) is 0 Å². The van der Waals surface area contributed by atoms with Gasteiger partial charge < -0.3 is 4.74 Å². The summed E-state index contributed by atoms with van der Waals surface area (Å²) in [5, 5.41) is -0.593. The molecule has 0 aliphatic heterocycles. The molecule has 19 heavy (non-hydrogen) atoms. The van der Waals surface area contributed by atoms with Crippen LogP contribution in [0.15, 0.2) is 12.1 Å². The Balaban J connectivity index is 2.91. The maximum atomic E-state index is 12.3.